The summed E-state index contributed by atoms with van der Waals surface area (Å²) < 4.78 is 0. The summed E-state index contributed by atoms with van der Waals surface area (Å²) in [5.41, 5.74) is 3.18. The Balaban J connectivity index is 2.78. The Bertz CT molecular complexity index is 472. The largest absolute Gasteiger partial charge is 0.291 e. The highest BCUT2D eigenvalue weighted by Crippen LogP contribution is 2.13. The summed E-state index contributed by atoms with van der Waals surface area (Å²) in [7, 11) is 0. The monoisotopic (exact) mass is 249 g/mol. The predicted octanol–water partition coefficient (Wildman–Crippen LogP) is 2.86. The average Bonchev–Trinajstić information content (AvgIpc) is 2.31. The van der Waals surface area contributed by atoms with E-state index in [0.717, 1.165) is 0 Å². The molecule has 17 heavy (non-hydrogen) atoms. The van der Waals surface area contributed by atoms with E-state index in [2.05, 4.69) is 10.5 Å². The van der Waals surface area contributed by atoms with Crippen LogP contribution in [-0.2, 0) is 4.79 Å². The lowest BCUT2D eigenvalue weighted by atomic mass is 10.1. The number of Topliss-reactive ketones (excluding diaryl/α,β-unsaturated/α-hetero) is 1. The van der Waals surface area contributed by atoms with Crippen LogP contribution >= 0.6 is 11.6 Å². The zero-order valence-electron chi connectivity index (χ0n) is 9.57. The number of nitrogens with zero attached hydrogens (tertiary/aromatic N) is 2. The minimum Gasteiger partial charge on any atom is -0.291 e. The fourth-order valence-corrected chi connectivity index (χ4v) is 1.18. The van der Waals surface area contributed by atoms with Crippen molar-refractivity contribution in [3.63, 3.8) is 0 Å². The molecule has 0 amide bonds. The molecule has 0 aliphatic carbocycles. The Kier molecular flexibility index (Phi) is 4.68. The van der Waals surface area contributed by atoms with Crippen molar-refractivity contribution in [3.8, 4) is 6.07 Å². The average molecular weight is 250 g/mol. The topological polar surface area (TPSA) is 65.2 Å². The van der Waals surface area contributed by atoms with Gasteiger partial charge in [0.1, 0.15) is 6.07 Å². The highest BCUT2D eigenvalue weighted by atomic mass is 35.5. The van der Waals surface area contributed by atoms with Crippen LogP contribution in [0, 0.1) is 17.2 Å². The molecule has 0 fully saturated rings. The maximum Gasteiger partial charge on any atom is 0.203 e. The Hall–Kier alpha value is -1.86. The summed E-state index contributed by atoms with van der Waals surface area (Å²) in [6.45, 7) is 3.44. The van der Waals surface area contributed by atoms with E-state index in [1.807, 2.05) is 0 Å². The third-order valence-corrected chi connectivity index (χ3v) is 2.26. The van der Waals surface area contributed by atoms with E-state index in [1.165, 1.54) is 0 Å². The van der Waals surface area contributed by atoms with Crippen LogP contribution in [-0.4, -0.2) is 11.5 Å². The summed E-state index contributed by atoms with van der Waals surface area (Å²) in [6.07, 6.45) is 0. The molecule has 0 unspecified atom stereocenters. The molecule has 1 N–H and O–H groups in total. The molecule has 0 heterocycles. The molecule has 0 aromatic heterocycles. The van der Waals surface area contributed by atoms with E-state index in [4.69, 9.17) is 16.9 Å². The molecule has 0 aliphatic rings. The molecular formula is C12H12ClN3O. The fraction of sp³-hybridized carbons (Fsp3) is 0.250. The van der Waals surface area contributed by atoms with Crippen molar-refractivity contribution in [2.24, 2.45) is 11.0 Å². The maximum atomic E-state index is 11.5. The molecule has 0 spiro atoms. The quantitative estimate of drug-likeness (QED) is 0.659. The molecule has 0 atom stereocenters. The van der Waals surface area contributed by atoms with E-state index >= 15 is 0 Å². The number of hydrogen-bond acceptors (Lipinski definition) is 4. The number of hydrogen-bond donors (Lipinski definition) is 1. The van der Waals surface area contributed by atoms with Crippen LogP contribution in [0.4, 0.5) is 5.69 Å². The van der Waals surface area contributed by atoms with Crippen molar-refractivity contribution >= 4 is 28.8 Å². The Morgan fingerprint density at radius 1 is 1.41 bits per heavy atom. The van der Waals surface area contributed by atoms with Crippen LogP contribution in [0.2, 0.25) is 5.02 Å². The summed E-state index contributed by atoms with van der Waals surface area (Å²) in [5, 5.41) is 13.2. The number of carbonyl (C=O) groups excluding carboxylic acids is 1. The minimum absolute atomic E-state index is 0.130. The second kappa shape index (κ2) is 6.02. The van der Waals surface area contributed by atoms with Gasteiger partial charge in [-0.15, -0.1) is 0 Å². The fourth-order valence-electron chi connectivity index (χ4n) is 1.05. The molecule has 5 heteroatoms. The van der Waals surface area contributed by atoms with Crippen LogP contribution in [0.5, 0.6) is 0 Å². The molecule has 1 aromatic rings. The molecule has 0 aliphatic heterocycles. The Morgan fingerprint density at radius 2 is 2.00 bits per heavy atom. The lowest BCUT2D eigenvalue weighted by Crippen LogP contribution is -2.19. The number of nitriles is 1. The number of halogens is 1. The van der Waals surface area contributed by atoms with Gasteiger partial charge in [-0.25, -0.2) is 0 Å². The first-order valence-corrected chi connectivity index (χ1v) is 5.46. The van der Waals surface area contributed by atoms with Crippen LogP contribution in [0.25, 0.3) is 0 Å². The van der Waals surface area contributed by atoms with Crippen molar-refractivity contribution in [1.29, 1.82) is 5.26 Å². The lowest BCUT2D eigenvalue weighted by Gasteiger charge is -2.03. The normalized spacial score (nSPS) is 11.1. The molecule has 0 bridgehead atoms. The first-order chi connectivity index (χ1) is 8.04. The van der Waals surface area contributed by atoms with Gasteiger partial charge in [-0.05, 0) is 24.3 Å². The van der Waals surface area contributed by atoms with Gasteiger partial charge in [-0.2, -0.15) is 10.4 Å². The number of ketones is 1. The SMILES string of the molecule is CC(C)C(=O)/C(C#N)=N/Nc1ccc(Cl)cc1. The van der Waals surface area contributed by atoms with E-state index in [9.17, 15) is 4.79 Å². The zero-order chi connectivity index (χ0) is 12.8. The second-order valence-electron chi connectivity index (χ2n) is 3.71. The standard InChI is InChI=1S/C12H12ClN3O/c1-8(2)12(17)11(7-14)16-15-10-5-3-9(13)4-6-10/h3-6,8,15H,1-2H3/b16-11+. The Morgan fingerprint density at radius 3 is 2.47 bits per heavy atom. The van der Waals surface area contributed by atoms with Crippen molar-refractivity contribution in [2.75, 3.05) is 5.43 Å². The van der Waals surface area contributed by atoms with Crippen LogP contribution in [0.3, 0.4) is 0 Å². The van der Waals surface area contributed by atoms with Gasteiger partial charge in [-0.1, -0.05) is 25.4 Å². The first kappa shape index (κ1) is 13.2. The molecule has 4 nitrogen and oxygen atoms in total. The molecule has 0 saturated carbocycles. The maximum absolute atomic E-state index is 11.5. The highest BCUT2D eigenvalue weighted by molar-refractivity contribution is 6.46. The molecule has 0 radical (unpaired) electrons. The molecule has 0 saturated heterocycles. The number of nitrogens with one attached hydrogen (secondary N) is 1. The van der Waals surface area contributed by atoms with Gasteiger partial charge in [0.25, 0.3) is 0 Å². The summed E-state index contributed by atoms with van der Waals surface area (Å²) >= 11 is 5.72. The Labute approximate surface area is 105 Å². The molecule has 88 valence electrons. The smallest absolute Gasteiger partial charge is 0.203 e. The second-order valence-corrected chi connectivity index (χ2v) is 4.15. The van der Waals surface area contributed by atoms with Gasteiger partial charge >= 0.3 is 0 Å². The van der Waals surface area contributed by atoms with E-state index < -0.39 is 0 Å². The molecular weight excluding hydrogens is 238 g/mol. The summed E-state index contributed by atoms with van der Waals surface area (Å²) in [5.74, 6) is -0.533. The van der Waals surface area contributed by atoms with Gasteiger partial charge in [0.15, 0.2) is 5.78 Å². The van der Waals surface area contributed by atoms with Gasteiger partial charge < -0.3 is 0 Å². The van der Waals surface area contributed by atoms with Gasteiger partial charge in [0.2, 0.25) is 5.71 Å². The number of hydrazone groups is 1. The van der Waals surface area contributed by atoms with Crippen LogP contribution < -0.4 is 5.43 Å². The summed E-state index contributed by atoms with van der Waals surface area (Å²) in [4.78, 5) is 11.5. The summed E-state index contributed by atoms with van der Waals surface area (Å²) in [6, 6.07) is 8.58. The van der Waals surface area contributed by atoms with E-state index in [1.54, 1.807) is 44.2 Å². The number of rotatable bonds is 4. The lowest BCUT2D eigenvalue weighted by molar-refractivity contribution is -0.115. The van der Waals surface area contributed by atoms with E-state index in [0.29, 0.717) is 10.7 Å². The van der Waals surface area contributed by atoms with Gasteiger partial charge in [0.05, 0.1) is 5.69 Å². The van der Waals surface area contributed by atoms with Gasteiger partial charge in [0, 0.05) is 10.9 Å². The number of benzene rings is 1. The number of anilines is 1. The van der Waals surface area contributed by atoms with Gasteiger partial charge in [-0.3, -0.25) is 10.2 Å². The predicted molar refractivity (Wildman–Crippen MR) is 68.0 cm³/mol. The molecule has 1 aromatic carbocycles. The minimum atomic E-state index is -0.283. The number of carbonyl (C=O) groups is 1. The first-order valence-electron chi connectivity index (χ1n) is 5.08. The third-order valence-electron chi connectivity index (χ3n) is 2.00. The van der Waals surface area contributed by atoms with Crippen LogP contribution in [0.1, 0.15) is 13.8 Å². The van der Waals surface area contributed by atoms with Crippen molar-refractivity contribution in [2.45, 2.75) is 13.8 Å². The zero-order valence-corrected chi connectivity index (χ0v) is 10.3. The van der Waals surface area contributed by atoms with Crippen LogP contribution in [0.15, 0.2) is 29.4 Å². The molecule has 1 rings (SSSR count). The highest BCUT2D eigenvalue weighted by Gasteiger charge is 2.14. The van der Waals surface area contributed by atoms with Crippen molar-refractivity contribution in [3.05, 3.63) is 29.3 Å². The van der Waals surface area contributed by atoms with E-state index in [-0.39, 0.29) is 17.4 Å². The third kappa shape index (κ3) is 3.89. The van der Waals surface area contributed by atoms with Crippen molar-refractivity contribution in [1.82, 2.24) is 0 Å². The van der Waals surface area contributed by atoms with Crippen molar-refractivity contribution < 1.29 is 4.79 Å².